The molecule has 0 amide bonds. The Morgan fingerprint density at radius 1 is 1.03 bits per heavy atom. The summed E-state index contributed by atoms with van der Waals surface area (Å²) in [6.45, 7) is 2.65. The van der Waals surface area contributed by atoms with Crippen molar-refractivity contribution in [2.24, 2.45) is 0 Å². The highest BCUT2D eigenvalue weighted by Gasteiger charge is 2.24. The van der Waals surface area contributed by atoms with Crippen LogP contribution in [0.15, 0.2) is 72.4 Å². The summed E-state index contributed by atoms with van der Waals surface area (Å²) in [5, 5.41) is 17.1. The van der Waals surface area contributed by atoms with E-state index in [0.29, 0.717) is 12.6 Å². The van der Waals surface area contributed by atoms with Gasteiger partial charge in [-0.3, -0.25) is 0 Å². The van der Waals surface area contributed by atoms with Crippen LogP contribution in [0.3, 0.4) is 0 Å². The predicted molar refractivity (Wildman–Crippen MR) is 134 cm³/mol. The van der Waals surface area contributed by atoms with E-state index in [0.717, 1.165) is 47.7 Å². The van der Waals surface area contributed by atoms with E-state index in [1.807, 2.05) is 36.4 Å². The minimum atomic E-state index is -0.538. The molecule has 5 rings (SSSR count). The Balaban J connectivity index is 1.18. The topological polar surface area (TPSA) is 70.5 Å². The fourth-order valence-electron chi connectivity index (χ4n) is 4.30. The predicted octanol–water partition coefficient (Wildman–Crippen LogP) is 4.36. The van der Waals surface area contributed by atoms with Gasteiger partial charge in [-0.25, -0.2) is 9.97 Å². The van der Waals surface area contributed by atoms with Crippen molar-refractivity contribution in [2.45, 2.75) is 25.0 Å². The number of benzene rings is 2. The SMILES string of the molecule is OC(CNC1CCN(c2ncnc3scc(-c4ccccc4)c23)CC1)COc1ccccc1. The third-order valence-electron chi connectivity index (χ3n) is 6.06. The van der Waals surface area contributed by atoms with Crippen LogP contribution in [0.5, 0.6) is 5.75 Å². The number of aliphatic hydroxyl groups excluding tert-OH is 1. The van der Waals surface area contributed by atoms with Crippen LogP contribution in [0.25, 0.3) is 21.3 Å². The molecule has 2 N–H and O–H groups in total. The number of hydrogen-bond acceptors (Lipinski definition) is 7. The molecule has 6 nitrogen and oxygen atoms in total. The van der Waals surface area contributed by atoms with Crippen LogP contribution in [0.2, 0.25) is 0 Å². The minimum Gasteiger partial charge on any atom is -0.491 e. The molecule has 1 fully saturated rings. The molecule has 1 atom stereocenters. The molecule has 1 aliphatic rings. The van der Waals surface area contributed by atoms with E-state index in [2.05, 4.69) is 49.8 Å². The number of nitrogens with zero attached hydrogens (tertiary/aromatic N) is 3. The Kier molecular flexibility index (Phi) is 6.81. The first-order valence-electron chi connectivity index (χ1n) is 11.4. The Bertz CT molecular complexity index is 1160. The monoisotopic (exact) mass is 460 g/mol. The zero-order valence-electron chi connectivity index (χ0n) is 18.4. The molecule has 0 saturated carbocycles. The summed E-state index contributed by atoms with van der Waals surface area (Å²) >= 11 is 1.67. The maximum Gasteiger partial charge on any atom is 0.141 e. The highest BCUT2D eigenvalue weighted by molar-refractivity contribution is 7.17. The average Bonchev–Trinajstić information content (AvgIpc) is 3.32. The van der Waals surface area contributed by atoms with Crippen molar-refractivity contribution in [2.75, 3.05) is 31.1 Å². The second-order valence-electron chi connectivity index (χ2n) is 8.34. The minimum absolute atomic E-state index is 0.287. The molecule has 0 aliphatic carbocycles. The van der Waals surface area contributed by atoms with Crippen LogP contribution in [-0.4, -0.2) is 53.5 Å². The van der Waals surface area contributed by atoms with Crippen LogP contribution in [-0.2, 0) is 0 Å². The maximum absolute atomic E-state index is 10.3. The van der Waals surface area contributed by atoms with Crippen molar-refractivity contribution in [1.29, 1.82) is 0 Å². The first-order valence-corrected chi connectivity index (χ1v) is 12.3. The number of ether oxygens (including phenoxy) is 1. The van der Waals surface area contributed by atoms with Crippen molar-refractivity contribution in [3.8, 4) is 16.9 Å². The molecule has 3 heterocycles. The number of fused-ring (bicyclic) bond motifs is 1. The van der Waals surface area contributed by atoms with Gasteiger partial charge in [0.2, 0.25) is 0 Å². The number of hydrogen-bond donors (Lipinski definition) is 2. The molecule has 33 heavy (non-hydrogen) atoms. The Morgan fingerprint density at radius 2 is 1.76 bits per heavy atom. The third-order valence-corrected chi connectivity index (χ3v) is 6.94. The fourth-order valence-corrected chi connectivity index (χ4v) is 5.21. The van der Waals surface area contributed by atoms with Crippen molar-refractivity contribution < 1.29 is 9.84 Å². The van der Waals surface area contributed by atoms with E-state index < -0.39 is 6.10 Å². The van der Waals surface area contributed by atoms with Gasteiger partial charge < -0.3 is 20.1 Å². The van der Waals surface area contributed by atoms with E-state index in [4.69, 9.17) is 4.74 Å². The molecule has 170 valence electrons. The van der Waals surface area contributed by atoms with Gasteiger partial charge in [0, 0.05) is 36.6 Å². The number of thiophene rings is 1. The molecule has 1 unspecified atom stereocenters. The molecule has 0 radical (unpaired) electrons. The lowest BCUT2D eigenvalue weighted by molar-refractivity contribution is 0.102. The number of para-hydroxylation sites is 1. The lowest BCUT2D eigenvalue weighted by Gasteiger charge is -2.34. The standard InChI is InChI=1S/C26H28N4O2S/c31-21(16-32-22-9-5-2-6-10-22)15-27-20-11-13-30(14-12-20)25-24-23(19-7-3-1-4-8-19)17-33-26(24)29-18-28-25/h1-10,17-18,20-21,27,31H,11-16H2. The summed E-state index contributed by atoms with van der Waals surface area (Å²) in [6, 6.07) is 20.4. The molecule has 0 bridgehead atoms. The van der Waals surface area contributed by atoms with Crippen molar-refractivity contribution in [3.05, 3.63) is 72.4 Å². The van der Waals surface area contributed by atoms with Crippen LogP contribution in [0.1, 0.15) is 12.8 Å². The molecule has 7 heteroatoms. The zero-order chi connectivity index (χ0) is 22.5. The molecule has 1 saturated heterocycles. The number of aliphatic hydroxyl groups is 1. The van der Waals surface area contributed by atoms with Crippen LogP contribution in [0.4, 0.5) is 5.82 Å². The summed E-state index contributed by atoms with van der Waals surface area (Å²) in [6.07, 6.45) is 3.14. The Hall–Kier alpha value is -3.00. The quantitative estimate of drug-likeness (QED) is 0.407. The lowest BCUT2D eigenvalue weighted by Crippen LogP contribution is -2.45. The van der Waals surface area contributed by atoms with E-state index in [-0.39, 0.29) is 6.61 Å². The van der Waals surface area contributed by atoms with Gasteiger partial charge in [0.1, 0.15) is 35.4 Å². The van der Waals surface area contributed by atoms with Crippen LogP contribution >= 0.6 is 11.3 Å². The summed E-state index contributed by atoms with van der Waals surface area (Å²) in [4.78, 5) is 12.6. The van der Waals surface area contributed by atoms with Gasteiger partial charge in [-0.05, 0) is 30.5 Å². The second-order valence-corrected chi connectivity index (χ2v) is 9.20. The number of nitrogens with one attached hydrogen (secondary N) is 1. The summed E-state index contributed by atoms with van der Waals surface area (Å²) in [5.74, 6) is 1.80. The molecular weight excluding hydrogens is 432 g/mol. The highest BCUT2D eigenvalue weighted by Crippen LogP contribution is 2.38. The Labute approximate surface area is 197 Å². The van der Waals surface area contributed by atoms with E-state index >= 15 is 0 Å². The van der Waals surface area contributed by atoms with Crippen molar-refractivity contribution in [3.63, 3.8) is 0 Å². The van der Waals surface area contributed by atoms with Crippen LogP contribution in [0, 0.1) is 0 Å². The Morgan fingerprint density at radius 3 is 2.52 bits per heavy atom. The van der Waals surface area contributed by atoms with Gasteiger partial charge in [0.15, 0.2) is 0 Å². The number of aromatic nitrogens is 2. The molecular formula is C26H28N4O2S. The van der Waals surface area contributed by atoms with E-state index in [1.165, 1.54) is 11.1 Å². The van der Waals surface area contributed by atoms with Crippen molar-refractivity contribution >= 4 is 27.4 Å². The van der Waals surface area contributed by atoms with Gasteiger partial charge in [0.25, 0.3) is 0 Å². The number of rotatable bonds is 8. The van der Waals surface area contributed by atoms with Gasteiger partial charge in [-0.2, -0.15) is 0 Å². The lowest BCUT2D eigenvalue weighted by atomic mass is 10.0. The number of piperidine rings is 1. The first-order chi connectivity index (χ1) is 16.3. The van der Waals surface area contributed by atoms with Crippen molar-refractivity contribution in [1.82, 2.24) is 15.3 Å². The molecule has 4 aromatic rings. The molecule has 2 aromatic carbocycles. The van der Waals surface area contributed by atoms with Gasteiger partial charge >= 0.3 is 0 Å². The summed E-state index contributed by atoms with van der Waals surface area (Å²) in [5.41, 5.74) is 2.40. The summed E-state index contributed by atoms with van der Waals surface area (Å²) in [7, 11) is 0. The van der Waals surface area contributed by atoms with Gasteiger partial charge in [-0.15, -0.1) is 11.3 Å². The first kappa shape index (κ1) is 21.8. The average molecular weight is 461 g/mol. The van der Waals surface area contributed by atoms with Gasteiger partial charge in [-0.1, -0.05) is 48.5 Å². The normalized spacial score (nSPS) is 15.6. The highest BCUT2D eigenvalue weighted by atomic mass is 32.1. The largest absolute Gasteiger partial charge is 0.491 e. The molecule has 1 aliphatic heterocycles. The number of anilines is 1. The smallest absolute Gasteiger partial charge is 0.141 e. The second kappa shape index (κ2) is 10.3. The third kappa shape index (κ3) is 5.16. The maximum atomic E-state index is 10.3. The van der Waals surface area contributed by atoms with E-state index in [1.54, 1.807) is 17.7 Å². The van der Waals surface area contributed by atoms with Gasteiger partial charge in [0.05, 0.1) is 5.39 Å². The zero-order valence-corrected chi connectivity index (χ0v) is 19.2. The van der Waals surface area contributed by atoms with Crippen LogP contribution < -0.4 is 15.0 Å². The molecule has 2 aromatic heterocycles. The summed E-state index contributed by atoms with van der Waals surface area (Å²) < 4.78 is 5.65. The fraction of sp³-hybridized carbons (Fsp3) is 0.308. The molecule has 0 spiro atoms. The van der Waals surface area contributed by atoms with E-state index in [9.17, 15) is 5.11 Å².